The molecule has 0 N–H and O–H groups in total. The number of ether oxygens (including phenoxy) is 2. The zero-order valence-corrected chi connectivity index (χ0v) is 13.7. The minimum atomic E-state index is -0.302. The number of hydrogen-bond acceptors (Lipinski definition) is 3. The Kier molecular flexibility index (Phi) is 5.74. The molecule has 0 heterocycles. The summed E-state index contributed by atoms with van der Waals surface area (Å²) in [6.45, 7) is 5.69. The molecule has 0 radical (unpaired) electrons. The standard InChI is InChI=1S/C19H21FO3/c1-4-14-7-6-8-18(23-19(21)5-2)16(14)12-22-15-10-9-13(3)17(20)11-15/h6-11H,4-5,12H2,1-3H3. The fraction of sp³-hybridized carbons (Fsp3) is 0.316. The molecule has 0 spiro atoms. The smallest absolute Gasteiger partial charge is 0.310 e. The monoisotopic (exact) mass is 316 g/mol. The number of carbonyl (C=O) groups excluding carboxylic acids is 1. The highest BCUT2D eigenvalue weighted by molar-refractivity contribution is 5.72. The molecule has 0 aliphatic heterocycles. The van der Waals surface area contributed by atoms with Crippen molar-refractivity contribution in [2.24, 2.45) is 0 Å². The van der Waals surface area contributed by atoms with E-state index >= 15 is 0 Å². The number of esters is 1. The van der Waals surface area contributed by atoms with Crippen molar-refractivity contribution in [2.75, 3.05) is 0 Å². The maximum atomic E-state index is 13.6. The topological polar surface area (TPSA) is 35.5 Å². The van der Waals surface area contributed by atoms with Crippen LogP contribution in [0.4, 0.5) is 4.39 Å². The molecule has 2 rings (SSSR count). The molecule has 0 saturated heterocycles. The second-order valence-corrected chi connectivity index (χ2v) is 5.27. The van der Waals surface area contributed by atoms with Crippen LogP contribution in [0.1, 0.15) is 37.0 Å². The van der Waals surface area contributed by atoms with Gasteiger partial charge in [-0.25, -0.2) is 4.39 Å². The van der Waals surface area contributed by atoms with Crippen LogP contribution in [0.25, 0.3) is 0 Å². The van der Waals surface area contributed by atoms with Gasteiger partial charge < -0.3 is 9.47 Å². The molecule has 0 bridgehead atoms. The van der Waals surface area contributed by atoms with Crippen molar-refractivity contribution < 1.29 is 18.7 Å². The van der Waals surface area contributed by atoms with E-state index in [0.29, 0.717) is 23.5 Å². The summed E-state index contributed by atoms with van der Waals surface area (Å²) in [5.74, 6) is 0.361. The highest BCUT2D eigenvalue weighted by atomic mass is 19.1. The highest BCUT2D eigenvalue weighted by Crippen LogP contribution is 2.26. The first kappa shape index (κ1) is 17.0. The van der Waals surface area contributed by atoms with Crippen molar-refractivity contribution in [1.82, 2.24) is 0 Å². The van der Waals surface area contributed by atoms with Crippen molar-refractivity contribution in [3.63, 3.8) is 0 Å². The normalized spacial score (nSPS) is 10.4. The van der Waals surface area contributed by atoms with E-state index in [1.54, 1.807) is 32.0 Å². The fourth-order valence-electron chi connectivity index (χ4n) is 2.22. The Labute approximate surface area is 136 Å². The van der Waals surface area contributed by atoms with Crippen LogP contribution < -0.4 is 9.47 Å². The quantitative estimate of drug-likeness (QED) is 0.577. The third-order valence-corrected chi connectivity index (χ3v) is 3.65. The Morgan fingerprint density at radius 3 is 2.61 bits per heavy atom. The first-order valence-corrected chi connectivity index (χ1v) is 7.75. The Bertz CT molecular complexity index is 695. The van der Waals surface area contributed by atoms with Crippen LogP contribution in [-0.2, 0) is 17.8 Å². The molecule has 2 aromatic rings. The molecule has 0 unspecified atom stereocenters. The van der Waals surface area contributed by atoms with Crippen LogP contribution in [0, 0.1) is 12.7 Å². The van der Waals surface area contributed by atoms with Crippen LogP contribution >= 0.6 is 0 Å². The molecule has 0 fully saturated rings. The maximum Gasteiger partial charge on any atom is 0.310 e. The minimum Gasteiger partial charge on any atom is -0.489 e. The zero-order valence-electron chi connectivity index (χ0n) is 13.7. The van der Waals surface area contributed by atoms with Crippen LogP contribution in [0.5, 0.6) is 11.5 Å². The van der Waals surface area contributed by atoms with Gasteiger partial charge in [0.2, 0.25) is 0 Å². The summed E-state index contributed by atoms with van der Waals surface area (Å²) in [7, 11) is 0. The van der Waals surface area contributed by atoms with Crippen LogP contribution in [-0.4, -0.2) is 5.97 Å². The summed E-state index contributed by atoms with van der Waals surface area (Å²) in [6, 6.07) is 10.3. The van der Waals surface area contributed by atoms with E-state index in [0.717, 1.165) is 17.5 Å². The second kappa shape index (κ2) is 7.77. The van der Waals surface area contributed by atoms with Gasteiger partial charge in [-0.3, -0.25) is 4.79 Å². The molecular weight excluding hydrogens is 295 g/mol. The van der Waals surface area contributed by atoms with E-state index in [9.17, 15) is 9.18 Å². The lowest BCUT2D eigenvalue weighted by Gasteiger charge is -2.15. The third-order valence-electron chi connectivity index (χ3n) is 3.65. The number of rotatable bonds is 6. The van der Waals surface area contributed by atoms with Gasteiger partial charge in [-0.15, -0.1) is 0 Å². The maximum absolute atomic E-state index is 13.6. The number of aryl methyl sites for hydroxylation is 2. The van der Waals surface area contributed by atoms with Gasteiger partial charge in [0.25, 0.3) is 0 Å². The van der Waals surface area contributed by atoms with Crippen molar-refractivity contribution >= 4 is 5.97 Å². The van der Waals surface area contributed by atoms with Gasteiger partial charge in [0.15, 0.2) is 0 Å². The summed E-state index contributed by atoms with van der Waals surface area (Å²) in [4.78, 5) is 11.6. The Balaban J connectivity index is 2.22. The summed E-state index contributed by atoms with van der Waals surface area (Å²) >= 11 is 0. The van der Waals surface area contributed by atoms with E-state index < -0.39 is 0 Å². The summed E-state index contributed by atoms with van der Waals surface area (Å²) in [5.41, 5.74) is 2.43. The molecule has 0 atom stereocenters. The molecule has 0 saturated carbocycles. The van der Waals surface area contributed by atoms with Crippen molar-refractivity contribution in [3.8, 4) is 11.5 Å². The molecule has 0 aromatic heterocycles. The van der Waals surface area contributed by atoms with Gasteiger partial charge >= 0.3 is 5.97 Å². The van der Waals surface area contributed by atoms with Crippen molar-refractivity contribution in [2.45, 2.75) is 40.2 Å². The van der Waals surface area contributed by atoms with E-state index in [1.807, 2.05) is 19.1 Å². The Hall–Kier alpha value is -2.36. The molecular formula is C19H21FO3. The zero-order chi connectivity index (χ0) is 16.8. The average molecular weight is 316 g/mol. The Morgan fingerprint density at radius 2 is 1.96 bits per heavy atom. The van der Waals surface area contributed by atoms with Crippen LogP contribution in [0.15, 0.2) is 36.4 Å². The lowest BCUT2D eigenvalue weighted by molar-refractivity contribution is -0.134. The first-order chi connectivity index (χ1) is 11.0. The molecule has 0 amide bonds. The number of hydrogen-bond donors (Lipinski definition) is 0. The molecule has 0 aliphatic carbocycles. The molecule has 0 aliphatic rings. The fourth-order valence-corrected chi connectivity index (χ4v) is 2.22. The lowest BCUT2D eigenvalue weighted by atomic mass is 10.0. The first-order valence-electron chi connectivity index (χ1n) is 7.75. The van der Waals surface area contributed by atoms with Gasteiger partial charge in [-0.1, -0.05) is 32.0 Å². The Morgan fingerprint density at radius 1 is 1.17 bits per heavy atom. The second-order valence-electron chi connectivity index (χ2n) is 5.27. The summed E-state index contributed by atoms with van der Waals surface area (Å²) < 4.78 is 24.7. The largest absolute Gasteiger partial charge is 0.489 e. The SMILES string of the molecule is CCC(=O)Oc1cccc(CC)c1COc1ccc(C)c(F)c1. The predicted octanol–water partition coefficient (Wildman–Crippen LogP) is 4.59. The van der Waals surface area contributed by atoms with Crippen molar-refractivity contribution in [3.05, 3.63) is 58.9 Å². The van der Waals surface area contributed by atoms with E-state index in [4.69, 9.17) is 9.47 Å². The molecule has 122 valence electrons. The van der Waals surface area contributed by atoms with E-state index in [1.165, 1.54) is 6.07 Å². The molecule has 2 aromatic carbocycles. The van der Waals surface area contributed by atoms with Crippen LogP contribution in [0.2, 0.25) is 0 Å². The predicted molar refractivity (Wildman–Crippen MR) is 87.2 cm³/mol. The van der Waals surface area contributed by atoms with Gasteiger partial charge in [-0.2, -0.15) is 0 Å². The van der Waals surface area contributed by atoms with Crippen LogP contribution in [0.3, 0.4) is 0 Å². The number of benzene rings is 2. The highest BCUT2D eigenvalue weighted by Gasteiger charge is 2.12. The van der Waals surface area contributed by atoms with Crippen molar-refractivity contribution in [1.29, 1.82) is 0 Å². The average Bonchev–Trinajstić information content (AvgIpc) is 2.56. The molecule has 3 nitrogen and oxygen atoms in total. The van der Waals surface area contributed by atoms with Gasteiger partial charge in [0.1, 0.15) is 23.9 Å². The van der Waals surface area contributed by atoms with E-state index in [-0.39, 0.29) is 18.4 Å². The summed E-state index contributed by atoms with van der Waals surface area (Å²) in [6.07, 6.45) is 1.10. The van der Waals surface area contributed by atoms with Gasteiger partial charge in [-0.05, 0) is 36.6 Å². The lowest BCUT2D eigenvalue weighted by Crippen LogP contribution is -2.10. The summed E-state index contributed by atoms with van der Waals surface area (Å²) in [5, 5.41) is 0. The van der Waals surface area contributed by atoms with E-state index in [2.05, 4.69) is 0 Å². The minimum absolute atomic E-state index is 0.221. The molecule has 23 heavy (non-hydrogen) atoms. The van der Waals surface area contributed by atoms with Gasteiger partial charge in [0, 0.05) is 18.1 Å². The van der Waals surface area contributed by atoms with Gasteiger partial charge in [0.05, 0.1) is 0 Å². The molecule has 4 heteroatoms. The third kappa shape index (κ3) is 4.31. The number of halogens is 1. The number of carbonyl (C=O) groups is 1.